The number of amides is 1. The lowest BCUT2D eigenvalue weighted by molar-refractivity contribution is -0.194. The molecule has 1 aliphatic heterocycles. The molecule has 3 rings (SSSR count). The van der Waals surface area contributed by atoms with Crippen LogP contribution in [0.15, 0.2) is 12.1 Å². The molecule has 0 spiro atoms. The van der Waals surface area contributed by atoms with Crippen LogP contribution in [0.5, 0.6) is 11.5 Å². The quantitative estimate of drug-likeness (QED) is 0.765. The number of hydrogen-bond donors (Lipinski definition) is 2. The molecule has 8 heteroatoms. The highest BCUT2D eigenvalue weighted by molar-refractivity contribution is 6.32. The summed E-state index contributed by atoms with van der Waals surface area (Å²) in [6, 6.07) is 3.33. The minimum Gasteiger partial charge on any atom is -0.486 e. The van der Waals surface area contributed by atoms with Gasteiger partial charge in [0.1, 0.15) is 18.8 Å². The molecule has 0 aromatic heterocycles. The number of nitrogens with one attached hydrogen (secondary N) is 1. The maximum atomic E-state index is 12.6. The Kier molecular flexibility index (Phi) is 5.27. The van der Waals surface area contributed by atoms with E-state index in [4.69, 9.17) is 25.8 Å². The molecule has 1 heterocycles. The van der Waals surface area contributed by atoms with Gasteiger partial charge in [0.15, 0.2) is 11.5 Å². The Morgan fingerprint density at radius 3 is 2.67 bits per heavy atom. The number of carbonyl (C=O) groups is 2. The van der Waals surface area contributed by atoms with Crippen LogP contribution in [0.1, 0.15) is 32.8 Å². The third kappa shape index (κ3) is 3.34. The van der Waals surface area contributed by atoms with Crippen LogP contribution in [0, 0.1) is 5.41 Å². The summed E-state index contributed by atoms with van der Waals surface area (Å²) in [7, 11) is 0. The number of ether oxygens (including phenoxy) is 3. The molecule has 148 valence electrons. The van der Waals surface area contributed by atoms with E-state index in [1.54, 1.807) is 26.0 Å². The summed E-state index contributed by atoms with van der Waals surface area (Å²) in [5.41, 5.74) is -1.46. The molecule has 0 saturated heterocycles. The molecule has 0 bridgehead atoms. The number of rotatable bonds is 6. The number of carboxylic acid groups (broad SMARTS) is 1. The summed E-state index contributed by atoms with van der Waals surface area (Å²) in [6.45, 7) is 6.78. The molecule has 1 fully saturated rings. The van der Waals surface area contributed by atoms with Crippen molar-refractivity contribution >= 4 is 23.5 Å². The lowest BCUT2D eigenvalue weighted by Crippen LogP contribution is -2.76. The fourth-order valence-corrected chi connectivity index (χ4v) is 4.06. The first kappa shape index (κ1) is 19.8. The van der Waals surface area contributed by atoms with Crippen molar-refractivity contribution in [1.29, 1.82) is 0 Å². The summed E-state index contributed by atoms with van der Waals surface area (Å²) in [5.74, 6) is -0.496. The Balaban J connectivity index is 1.75. The molecular weight excluding hydrogens is 374 g/mol. The highest BCUT2D eigenvalue weighted by Gasteiger charge is 2.66. The fourth-order valence-electron chi connectivity index (χ4n) is 3.77. The van der Waals surface area contributed by atoms with Crippen LogP contribution in [0.2, 0.25) is 5.02 Å². The van der Waals surface area contributed by atoms with E-state index in [1.165, 1.54) is 0 Å². The predicted molar refractivity (Wildman–Crippen MR) is 98.5 cm³/mol. The van der Waals surface area contributed by atoms with E-state index in [0.29, 0.717) is 41.9 Å². The Bertz CT molecular complexity index is 765. The number of aliphatic carboxylic acids is 1. The fraction of sp³-hybridized carbons (Fsp3) is 0.579. The van der Waals surface area contributed by atoms with E-state index in [-0.39, 0.29) is 18.9 Å². The summed E-state index contributed by atoms with van der Waals surface area (Å²) in [5, 5.41) is 12.9. The van der Waals surface area contributed by atoms with E-state index in [0.717, 1.165) is 0 Å². The summed E-state index contributed by atoms with van der Waals surface area (Å²) in [4.78, 5) is 24.6. The molecule has 2 atom stereocenters. The summed E-state index contributed by atoms with van der Waals surface area (Å²) >= 11 is 6.20. The molecule has 2 unspecified atom stereocenters. The van der Waals surface area contributed by atoms with Crippen LogP contribution in [0.4, 0.5) is 0 Å². The zero-order chi connectivity index (χ0) is 19.8. The van der Waals surface area contributed by atoms with E-state index >= 15 is 0 Å². The van der Waals surface area contributed by atoms with Crippen molar-refractivity contribution in [2.24, 2.45) is 5.41 Å². The highest BCUT2D eigenvalue weighted by Crippen LogP contribution is 2.51. The van der Waals surface area contributed by atoms with Crippen LogP contribution in [0.25, 0.3) is 0 Å². The molecule has 1 aliphatic carbocycles. The lowest BCUT2D eigenvalue weighted by atomic mass is 9.54. The van der Waals surface area contributed by atoms with Gasteiger partial charge in [-0.2, -0.15) is 0 Å². The largest absolute Gasteiger partial charge is 0.486 e. The van der Waals surface area contributed by atoms with Gasteiger partial charge in [-0.05, 0) is 24.6 Å². The van der Waals surface area contributed by atoms with Crippen LogP contribution in [-0.2, 0) is 20.7 Å². The second kappa shape index (κ2) is 7.20. The third-order valence-electron chi connectivity index (χ3n) is 5.50. The molecule has 1 saturated carbocycles. The minimum absolute atomic E-state index is 0.0131. The van der Waals surface area contributed by atoms with E-state index < -0.39 is 22.8 Å². The average molecular weight is 398 g/mol. The van der Waals surface area contributed by atoms with Crippen LogP contribution in [0.3, 0.4) is 0 Å². The van der Waals surface area contributed by atoms with Gasteiger partial charge in [-0.25, -0.2) is 4.79 Å². The monoisotopic (exact) mass is 397 g/mol. The van der Waals surface area contributed by atoms with Gasteiger partial charge in [-0.15, -0.1) is 0 Å². The normalized spacial score (nSPS) is 25.4. The molecule has 1 aromatic rings. The topological polar surface area (TPSA) is 94.1 Å². The van der Waals surface area contributed by atoms with Crippen molar-refractivity contribution in [1.82, 2.24) is 5.32 Å². The number of hydrogen-bond acceptors (Lipinski definition) is 5. The molecule has 2 N–H and O–H groups in total. The van der Waals surface area contributed by atoms with Crippen LogP contribution in [-0.4, -0.2) is 48.4 Å². The van der Waals surface area contributed by atoms with Crippen molar-refractivity contribution in [2.75, 3.05) is 19.8 Å². The zero-order valence-corrected chi connectivity index (χ0v) is 16.4. The SMILES string of the molecule is CCOC1CC(NC(=O)Cc2cc(Cl)c3c(c2)OCCO3)(C(=O)O)C1(C)C. The van der Waals surface area contributed by atoms with Gasteiger partial charge in [0.05, 0.1) is 17.5 Å². The van der Waals surface area contributed by atoms with Crippen molar-refractivity contribution in [3.05, 3.63) is 22.7 Å². The molecule has 1 aromatic carbocycles. The standard InChI is InChI=1S/C19H24ClNO6/c1-4-25-14-10-19(17(23)24,18(14,2)3)21-15(22)9-11-7-12(20)16-13(8-11)26-5-6-27-16/h7-8,14H,4-6,9-10H2,1-3H3,(H,21,22)(H,23,24). The smallest absolute Gasteiger partial charge is 0.330 e. The first-order valence-corrected chi connectivity index (χ1v) is 9.33. The van der Waals surface area contributed by atoms with Gasteiger partial charge in [0.25, 0.3) is 0 Å². The predicted octanol–water partition coefficient (Wildman–Crippen LogP) is 2.43. The van der Waals surface area contributed by atoms with E-state index in [2.05, 4.69) is 5.32 Å². The maximum absolute atomic E-state index is 12.6. The van der Waals surface area contributed by atoms with Gasteiger partial charge < -0.3 is 24.6 Å². The minimum atomic E-state index is -1.36. The lowest BCUT2D eigenvalue weighted by Gasteiger charge is -2.58. The first-order chi connectivity index (χ1) is 12.7. The van der Waals surface area contributed by atoms with Gasteiger partial charge in [-0.3, -0.25) is 4.79 Å². The number of benzene rings is 1. The van der Waals surface area contributed by atoms with Gasteiger partial charge in [0, 0.05) is 18.4 Å². The molecule has 1 amide bonds. The third-order valence-corrected chi connectivity index (χ3v) is 5.78. The molecule has 0 radical (unpaired) electrons. The van der Waals surface area contributed by atoms with Crippen LogP contribution < -0.4 is 14.8 Å². The van der Waals surface area contributed by atoms with Crippen molar-refractivity contribution in [3.8, 4) is 11.5 Å². The number of halogens is 1. The second-order valence-electron chi connectivity index (χ2n) is 7.41. The molecule has 7 nitrogen and oxygen atoms in total. The van der Waals surface area contributed by atoms with Gasteiger partial charge >= 0.3 is 5.97 Å². The van der Waals surface area contributed by atoms with Gasteiger partial charge in [-0.1, -0.05) is 25.4 Å². The second-order valence-corrected chi connectivity index (χ2v) is 7.81. The zero-order valence-electron chi connectivity index (χ0n) is 15.6. The van der Waals surface area contributed by atoms with Crippen LogP contribution >= 0.6 is 11.6 Å². The Hall–Kier alpha value is -1.99. The average Bonchev–Trinajstić information content (AvgIpc) is 2.60. The first-order valence-electron chi connectivity index (χ1n) is 8.95. The Morgan fingerprint density at radius 2 is 2.04 bits per heavy atom. The summed E-state index contributed by atoms with van der Waals surface area (Å²) in [6.07, 6.45) is 0.0000416. The number of carboxylic acids is 1. The molecular formula is C19H24ClNO6. The van der Waals surface area contributed by atoms with E-state index in [1.807, 2.05) is 6.92 Å². The summed E-state index contributed by atoms with van der Waals surface area (Å²) < 4.78 is 16.6. The number of carbonyl (C=O) groups excluding carboxylic acids is 1. The molecule has 27 heavy (non-hydrogen) atoms. The maximum Gasteiger partial charge on any atom is 0.330 e. The van der Waals surface area contributed by atoms with Crippen molar-refractivity contribution in [2.45, 2.75) is 45.3 Å². The highest BCUT2D eigenvalue weighted by atomic mass is 35.5. The van der Waals surface area contributed by atoms with Crippen molar-refractivity contribution < 1.29 is 28.9 Å². The van der Waals surface area contributed by atoms with Gasteiger partial charge in [0.2, 0.25) is 5.91 Å². The Morgan fingerprint density at radius 1 is 1.33 bits per heavy atom. The van der Waals surface area contributed by atoms with E-state index in [9.17, 15) is 14.7 Å². The number of fused-ring (bicyclic) bond motifs is 1. The molecule has 2 aliphatic rings. The van der Waals surface area contributed by atoms with Crippen molar-refractivity contribution in [3.63, 3.8) is 0 Å². The Labute approximate surface area is 162 Å².